The molecule has 0 saturated carbocycles. The standard InChI is InChI=1S/C17H18N6O3/c1-2-3-6-19-10-5-4-7-23(9-10)15-13-12(11(8-20-15)14(18)24)21-16(25)17(26)22-13/h8,10,19H,4-7,9H2,1H3,(H2,18,24)/t10-/m1/s1. The van der Waals surface area contributed by atoms with Crippen molar-refractivity contribution in [1.82, 2.24) is 10.3 Å². The zero-order chi connectivity index (χ0) is 18.7. The molecule has 3 N–H and O–H groups in total. The maximum absolute atomic E-state index is 11.7. The molecule has 3 amide bonds. The van der Waals surface area contributed by atoms with Crippen LogP contribution in [0.15, 0.2) is 16.2 Å². The average Bonchev–Trinajstić information content (AvgIpc) is 2.62. The van der Waals surface area contributed by atoms with E-state index in [0.717, 1.165) is 12.8 Å². The average molecular weight is 354 g/mol. The topological polar surface area (TPSA) is 130 Å². The van der Waals surface area contributed by atoms with Gasteiger partial charge in [0, 0.05) is 25.3 Å². The number of amides is 3. The van der Waals surface area contributed by atoms with Gasteiger partial charge in [0.25, 0.3) is 5.91 Å². The molecule has 9 heteroatoms. The molecule has 0 aromatic carbocycles. The molecule has 3 heterocycles. The normalized spacial score (nSPS) is 19.0. The summed E-state index contributed by atoms with van der Waals surface area (Å²) in [5, 5.41) is 3.49. The number of piperidine rings is 1. The third-order valence-electron chi connectivity index (χ3n) is 4.26. The molecule has 1 aromatic heterocycles. The first-order valence-electron chi connectivity index (χ1n) is 8.23. The summed E-state index contributed by atoms with van der Waals surface area (Å²) in [5.41, 5.74) is 5.29. The van der Waals surface area contributed by atoms with E-state index in [-0.39, 0.29) is 22.3 Å². The summed E-state index contributed by atoms with van der Waals surface area (Å²) in [4.78, 5) is 48.7. The molecule has 0 aliphatic carbocycles. The van der Waals surface area contributed by atoms with Crippen LogP contribution in [0.1, 0.15) is 30.1 Å². The van der Waals surface area contributed by atoms with Crippen LogP contribution in [0.25, 0.3) is 0 Å². The summed E-state index contributed by atoms with van der Waals surface area (Å²) in [6.07, 6.45) is 3.18. The van der Waals surface area contributed by atoms with E-state index in [4.69, 9.17) is 5.73 Å². The number of pyridine rings is 1. The van der Waals surface area contributed by atoms with E-state index < -0.39 is 17.7 Å². The Bertz CT molecular complexity index is 959. The first-order valence-corrected chi connectivity index (χ1v) is 8.23. The van der Waals surface area contributed by atoms with Crippen LogP contribution in [0.2, 0.25) is 0 Å². The summed E-state index contributed by atoms with van der Waals surface area (Å²) in [7, 11) is 0. The Kier molecular flexibility index (Phi) is 5.04. The molecule has 1 atom stereocenters. The maximum Gasteiger partial charge on any atom is 0.338 e. The van der Waals surface area contributed by atoms with Gasteiger partial charge in [0.05, 0.1) is 12.1 Å². The molecular weight excluding hydrogens is 336 g/mol. The van der Waals surface area contributed by atoms with Crippen LogP contribution < -0.4 is 26.7 Å². The monoisotopic (exact) mass is 354 g/mol. The molecule has 134 valence electrons. The lowest BCUT2D eigenvalue weighted by Gasteiger charge is -2.34. The Balaban J connectivity index is 2.00. The first-order chi connectivity index (χ1) is 12.5. The predicted molar refractivity (Wildman–Crippen MR) is 91.8 cm³/mol. The first kappa shape index (κ1) is 17.7. The van der Waals surface area contributed by atoms with E-state index in [1.54, 1.807) is 6.92 Å². The van der Waals surface area contributed by atoms with E-state index in [1.807, 2.05) is 4.90 Å². The third kappa shape index (κ3) is 3.45. The number of nitrogens with zero attached hydrogens (tertiary/aromatic N) is 4. The largest absolute Gasteiger partial charge is 0.365 e. The van der Waals surface area contributed by atoms with Crippen LogP contribution in [-0.4, -0.2) is 48.4 Å². The zero-order valence-electron chi connectivity index (χ0n) is 14.3. The highest BCUT2D eigenvalue weighted by molar-refractivity contribution is 6.36. The lowest BCUT2D eigenvalue weighted by Crippen LogP contribution is -2.50. The van der Waals surface area contributed by atoms with Crippen molar-refractivity contribution in [2.24, 2.45) is 15.7 Å². The molecule has 0 unspecified atom stereocenters. The second-order valence-corrected chi connectivity index (χ2v) is 5.98. The lowest BCUT2D eigenvalue weighted by molar-refractivity contribution is -0.135. The fraction of sp³-hybridized carbons (Fsp3) is 0.412. The SMILES string of the molecule is CC#CCN[C@@H]1CCCN(c2ncc(C(N)=O)c3c2=NC(=O)C(=O)N=3)C1. The molecule has 1 fully saturated rings. The Morgan fingerprint density at radius 1 is 1.35 bits per heavy atom. The highest BCUT2D eigenvalue weighted by Crippen LogP contribution is 2.15. The van der Waals surface area contributed by atoms with Crippen LogP contribution >= 0.6 is 0 Å². The minimum Gasteiger partial charge on any atom is -0.365 e. The summed E-state index contributed by atoms with van der Waals surface area (Å²) < 4.78 is 0. The number of primary amides is 1. The third-order valence-corrected chi connectivity index (χ3v) is 4.26. The minimum absolute atomic E-state index is 0.0130. The van der Waals surface area contributed by atoms with Gasteiger partial charge in [-0.2, -0.15) is 4.99 Å². The van der Waals surface area contributed by atoms with E-state index >= 15 is 0 Å². The molecule has 1 aromatic rings. The van der Waals surface area contributed by atoms with Crippen LogP contribution in [0, 0.1) is 11.8 Å². The number of anilines is 1. The lowest BCUT2D eigenvalue weighted by atomic mass is 10.1. The maximum atomic E-state index is 11.7. The second kappa shape index (κ2) is 7.41. The van der Waals surface area contributed by atoms with Crippen LogP contribution in [0.5, 0.6) is 0 Å². The van der Waals surface area contributed by atoms with Crippen molar-refractivity contribution in [3.63, 3.8) is 0 Å². The van der Waals surface area contributed by atoms with Crippen LogP contribution in [-0.2, 0) is 9.59 Å². The molecule has 0 spiro atoms. The van der Waals surface area contributed by atoms with Crippen molar-refractivity contribution in [2.45, 2.75) is 25.8 Å². The highest BCUT2D eigenvalue weighted by Gasteiger charge is 2.26. The highest BCUT2D eigenvalue weighted by atomic mass is 16.2. The number of aromatic nitrogens is 1. The predicted octanol–water partition coefficient (Wildman–Crippen LogP) is -1.93. The quantitative estimate of drug-likeness (QED) is 0.478. The van der Waals surface area contributed by atoms with Gasteiger partial charge < -0.3 is 16.0 Å². The number of hydrogen-bond acceptors (Lipinski definition) is 6. The molecular formula is C17H18N6O3. The van der Waals surface area contributed by atoms with Crippen molar-refractivity contribution < 1.29 is 14.4 Å². The Hall–Kier alpha value is -3.12. The summed E-state index contributed by atoms with van der Waals surface area (Å²) in [6, 6.07) is 0.204. The minimum atomic E-state index is -1.02. The van der Waals surface area contributed by atoms with E-state index in [9.17, 15) is 14.4 Å². The zero-order valence-corrected chi connectivity index (χ0v) is 14.3. The summed E-state index contributed by atoms with van der Waals surface area (Å²) >= 11 is 0. The molecule has 9 nitrogen and oxygen atoms in total. The van der Waals surface area contributed by atoms with Crippen molar-refractivity contribution in [1.29, 1.82) is 0 Å². The van der Waals surface area contributed by atoms with Gasteiger partial charge >= 0.3 is 11.8 Å². The van der Waals surface area contributed by atoms with Gasteiger partial charge in [-0.05, 0) is 19.8 Å². The molecule has 1 saturated heterocycles. The summed E-state index contributed by atoms with van der Waals surface area (Å²) in [5.74, 6) is 3.45. The molecule has 2 aliphatic rings. The molecule has 0 bridgehead atoms. The van der Waals surface area contributed by atoms with Crippen LogP contribution in [0.4, 0.5) is 5.82 Å². The van der Waals surface area contributed by atoms with Gasteiger partial charge in [0.15, 0.2) is 5.82 Å². The van der Waals surface area contributed by atoms with Crippen molar-refractivity contribution >= 4 is 23.5 Å². The Labute approximate surface area is 149 Å². The van der Waals surface area contributed by atoms with Gasteiger partial charge in [-0.15, -0.1) is 5.92 Å². The number of nitrogens with one attached hydrogen (secondary N) is 1. The van der Waals surface area contributed by atoms with E-state index in [2.05, 4.69) is 32.1 Å². The molecule has 26 heavy (non-hydrogen) atoms. The second-order valence-electron chi connectivity index (χ2n) is 5.98. The number of hydrogen-bond donors (Lipinski definition) is 2. The van der Waals surface area contributed by atoms with E-state index in [0.29, 0.717) is 25.5 Å². The fourth-order valence-corrected chi connectivity index (χ4v) is 3.03. The Morgan fingerprint density at radius 3 is 2.77 bits per heavy atom. The van der Waals surface area contributed by atoms with Crippen molar-refractivity contribution in [2.75, 3.05) is 24.5 Å². The Morgan fingerprint density at radius 2 is 2.08 bits per heavy atom. The van der Waals surface area contributed by atoms with Gasteiger partial charge in [-0.3, -0.25) is 14.4 Å². The molecule has 2 aliphatic heterocycles. The summed E-state index contributed by atoms with van der Waals surface area (Å²) in [6.45, 7) is 3.73. The van der Waals surface area contributed by atoms with Gasteiger partial charge in [0.1, 0.15) is 10.7 Å². The number of fused-ring (bicyclic) bond motifs is 1. The number of carbonyl (C=O) groups is 3. The fourth-order valence-electron chi connectivity index (χ4n) is 3.03. The van der Waals surface area contributed by atoms with E-state index in [1.165, 1.54) is 6.20 Å². The molecule has 3 rings (SSSR count). The number of nitrogens with two attached hydrogens (primary N) is 1. The molecule has 0 radical (unpaired) electrons. The van der Waals surface area contributed by atoms with Crippen LogP contribution in [0.3, 0.4) is 0 Å². The van der Waals surface area contributed by atoms with Gasteiger partial charge in [0.2, 0.25) is 0 Å². The van der Waals surface area contributed by atoms with Crippen molar-refractivity contribution in [3.8, 4) is 11.8 Å². The van der Waals surface area contributed by atoms with Crippen molar-refractivity contribution in [3.05, 3.63) is 22.5 Å². The number of carbonyl (C=O) groups excluding carboxylic acids is 3. The van der Waals surface area contributed by atoms with Gasteiger partial charge in [-0.1, -0.05) is 5.92 Å². The smallest absolute Gasteiger partial charge is 0.338 e. The van der Waals surface area contributed by atoms with Gasteiger partial charge in [-0.25, -0.2) is 9.98 Å². The number of rotatable bonds is 4.